The third-order valence-corrected chi connectivity index (χ3v) is 3.14. The van der Waals surface area contributed by atoms with Gasteiger partial charge in [-0.05, 0) is 54.8 Å². The molecule has 0 aliphatic rings. The van der Waals surface area contributed by atoms with Crippen molar-refractivity contribution < 1.29 is 0 Å². The highest BCUT2D eigenvalue weighted by Gasteiger charge is 2.06. The van der Waals surface area contributed by atoms with E-state index in [0.717, 1.165) is 19.4 Å². The zero-order valence-electron chi connectivity index (χ0n) is 10.9. The maximum Gasteiger partial charge on any atom is -0.00772 e. The van der Waals surface area contributed by atoms with Crippen LogP contribution in [0.5, 0.6) is 0 Å². The summed E-state index contributed by atoms with van der Waals surface area (Å²) in [5, 5.41) is 0. The van der Waals surface area contributed by atoms with Crippen LogP contribution in [0.4, 0.5) is 0 Å². The van der Waals surface area contributed by atoms with Crippen LogP contribution in [0.1, 0.15) is 56.2 Å². The Morgan fingerprint density at radius 3 is 2.50 bits per heavy atom. The Labute approximate surface area is 100 Å². The first kappa shape index (κ1) is 13.2. The Hall–Kier alpha value is -0.820. The highest BCUT2D eigenvalue weighted by molar-refractivity contribution is 5.34. The lowest BCUT2D eigenvalue weighted by Gasteiger charge is -2.14. The Bertz CT molecular complexity index is 315. The predicted molar refractivity (Wildman–Crippen MR) is 71.9 cm³/mol. The molecule has 1 aromatic rings. The summed E-state index contributed by atoms with van der Waals surface area (Å²) in [4.78, 5) is 0. The molecule has 0 atom stereocenters. The summed E-state index contributed by atoms with van der Waals surface area (Å²) in [6.07, 6.45) is 4.65. The summed E-state index contributed by atoms with van der Waals surface area (Å²) in [5.41, 5.74) is 10.0. The highest BCUT2D eigenvalue weighted by Crippen LogP contribution is 2.22. The van der Waals surface area contributed by atoms with Crippen molar-refractivity contribution in [2.75, 3.05) is 6.54 Å². The lowest BCUT2D eigenvalue weighted by atomic mass is 9.92. The maximum absolute atomic E-state index is 5.55. The third kappa shape index (κ3) is 3.64. The summed E-state index contributed by atoms with van der Waals surface area (Å²) < 4.78 is 0. The topological polar surface area (TPSA) is 26.0 Å². The summed E-state index contributed by atoms with van der Waals surface area (Å²) in [7, 11) is 0. The van der Waals surface area contributed by atoms with Gasteiger partial charge in [0.05, 0.1) is 0 Å². The zero-order chi connectivity index (χ0) is 12.0. The standard InChI is InChI=1S/C15H25N/c1-4-13-8-9-15(12(2)3)14(11-13)7-5-6-10-16/h8-9,11-12H,4-7,10,16H2,1-3H3. The lowest BCUT2D eigenvalue weighted by molar-refractivity contribution is 0.729. The molecule has 0 radical (unpaired) electrons. The Balaban J connectivity index is 2.83. The average Bonchev–Trinajstić information content (AvgIpc) is 2.29. The molecule has 1 heteroatoms. The van der Waals surface area contributed by atoms with Crippen LogP contribution in [0.25, 0.3) is 0 Å². The molecule has 0 amide bonds. The molecule has 90 valence electrons. The normalized spacial score (nSPS) is 11.1. The number of benzene rings is 1. The van der Waals surface area contributed by atoms with Crippen molar-refractivity contribution in [2.24, 2.45) is 5.73 Å². The molecule has 0 fully saturated rings. The van der Waals surface area contributed by atoms with Crippen molar-refractivity contribution in [3.8, 4) is 0 Å². The van der Waals surface area contributed by atoms with Crippen molar-refractivity contribution in [3.63, 3.8) is 0 Å². The van der Waals surface area contributed by atoms with E-state index < -0.39 is 0 Å². The second-order valence-corrected chi connectivity index (χ2v) is 4.79. The molecule has 0 spiro atoms. The molecule has 0 aromatic heterocycles. The van der Waals surface area contributed by atoms with Crippen molar-refractivity contribution >= 4 is 0 Å². The van der Waals surface area contributed by atoms with Crippen LogP contribution in [0.15, 0.2) is 18.2 Å². The van der Waals surface area contributed by atoms with Crippen LogP contribution < -0.4 is 5.73 Å². The Kier molecular flexibility index (Phi) is 5.54. The minimum absolute atomic E-state index is 0.624. The fourth-order valence-electron chi connectivity index (χ4n) is 2.12. The van der Waals surface area contributed by atoms with E-state index in [4.69, 9.17) is 5.73 Å². The van der Waals surface area contributed by atoms with E-state index >= 15 is 0 Å². The van der Waals surface area contributed by atoms with Gasteiger partial charge in [0, 0.05) is 0 Å². The maximum atomic E-state index is 5.55. The van der Waals surface area contributed by atoms with Gasteiger partial charge in [0.15, 0.2) is 0 Å². The highest BCUT2D eigenvalue weighted by atomic mass is 14.5. The third-order valence-electron chi connectivity index (χ3n) is 3.14. The van der Waals surface area contributed by atoms with Gasteiger partial charge in [0.2, 0.25) is 0 Å². The van der Waals surface area contributed by atoms with Crippen molar-refractivity contribution in [2.45, 2.75) is 52.4 Å². The van der Waals surface area contributed by atoms with Crippen molar-refractivity contribution in [1.82, 2.24) is 0 Å². The molecule has 1 aromatic carbocycles. The van der Waals surface area contributed by atoms with E-state index in [0.29, 0.717) is 5.92 Å². The van der Waals surface area contributed by atoms with Crippen LogP contribution in [0, 0.1) is 0 Å². The molecule has 0 unspecified atom stereocenters. The minimum atomic E-state index is 0.624. The van der Waals surface area contributed by atoms with Gasteiger partial charge in [-0.3, -0.25) is 0 Å². The van der Waals surface area contributed by atoms with Gasteiger partial charge in [-0.2, -0.15) is 0 Å². The number of hydrogen-bond donors (Lipinski definition) is 1. The first-order valence-electron chi connectivity index (χ1n) is 6.50. The second-order valence-electron chi connectivity index (χ2n) is 4.79. The number of hydrogen-bond acceptors (Lipinski definition) is 1. The zero-order valence-corrected chi connectivity index (χ0v) is 10.9. The second kappa shape index (κ2) is 6.70. The van der Waals surface area contributed by atoms with Gasteiger partial charge in [-0.25, -0.2) is 0 Å². The fraction of sp³-hybridized carbons (Fsp3) is 0.600. The molecule has 0 aliphatic carbocycles. The minimum Gasteiger partial charge on any atom is -0.330 e. The van der Waals surface area contributed by atoms with Crippen LogP contribution in [0.2, 0.25) is 0 Å². The summed E-state index contributed by atoms with van der Waals surface area (Å²) in [6, 6.07) is 6.95. The molecular formula is C15H25N. The number of unbranched alkanes of at least 4 members (excludes halogenated alkanes) is 1. The van der Waals surface area contributed by atoms with E-state index in [1.807, 2.05) is 0 Å². The monoisotopic (exact) mass is 219 g/mol. The van der Waals surface area contributed by atoms with Crippen molar-refractivity contribution in [3.05, 3.63) is 34.9 Å². The van der Waals surface area contributed by atoms with Crippen LogP contribution >= 0.6 is 0 Å². The van der Waals surface area contributed by atoms with Crippen LogP contribution in [-0.2, 0) is 12.8 Å². The molecule has 16 heavy (non-hydrogen) atoms. The van der Waals surface area contributed by atoms with Gasteiger partial charge in [-0.15, -0.1) is 0 Å². The molecule has 0 aliphatic heterocycles. The number of aryl methyl sites for hydroxylation is 2. The molecule has 2 N–H and O–H groups in total. The summed E-state index contributed by atoms with van der Waals surface area (Å²) in [6.45, 7) is 7.57. The molecule has 0 bridgehead atoms. The number of nitrogens with two attached hydrogens (primary N) is 1. The van der Waals surface area contributed by atoms with Gasteiger partial charge in [0.1, 0.15) is 0 Å². The fourth-order valence-corrected chi connectivity index (χ4v) is 2.12. The first-order chi connectivity index (χ1) is 7.69. The number of rotatable bonds is 6. The van der Waals surface area contributed by atoms with Crippen LogP contribution in [-0.4, -0.2) is 6.54 Å². The molecule has 0 saturated carbocycles. The van der Waals surface area contributed by atoms with E-state index in [-0.39, 0.29) is 0 Å². The quantitative estimate of drug-likeness (QED) is 0.726. The van der Waals surface area contributed by atoms with Gasteiger partial charge >= 0.3 is 0 Å². The summed E-state index contributed by atoms with van der Waals surface area (Å²) in [5.74, 6) is 0.624. The summed E-state index contributed by atoms with van der Waals surface area (Å²) >= 11 is 0. The van der Waals surface area contributed by atoms with E-state index in [1.165, 1.54) is 29.5 Å². The van der Waals surface area contributed by atoms with E-state index in [2.05, 4.69) is 39.0 Å². The van der Waals surface area contributed by atoms with Gasteiger partial charge in [0.25, 0.3) is 0 Å². The molecule has 0 heterocycles. The SMILES string of the molecule is CCc1ccc(C(C)C)c(CCCCN)c1. The van der Waals surface area contributed by atoms with Crippen LogP contribution in [0.3, 0.4) is 0 Å². The largest absolute Gasteiger partial charge is 0.330 e. The molecule has 1 rings (SSSR count). The van der Waals surface area contributed by atoms with Crippen molar-refractivity contribution in [1.29, 1.82) is 0 Å². The predicted octanol–water partition coefficient (Wildman–Crippen LogP) is 3.65. The van der Waals surface area contributed by atoms with E-state index in [1.54, 1.807) is 0 Å². The molecule has 0 saturated heterocycles. The lowest BCUT2D eigenvalue weighted by Crippen LogP contribution is -2.02. The average molecular weight is 219 g/mol. The Morgan fingerprint density at radius 1 is 1.19 bits per heavy atom. The smallest absolute Gasteiger partial charge is 0.00772 e. The molecule has 1 nitrogen and oxygen atoms in total. The first-order valence-corrected chi connectivity index (χ1v) is 6.50. The van der Waals surface area contributed by atoms with E-state index in [9.17, 15) is 0 Å². The van der Waals surface area contributed by atoms with Gasteiger partial charge < -0.3 is 5.73 Å². The molecular weight excluding hydrogens is 194 g/mol. The Morgan fingerprint density at radius 2 is 1.94 bits per heavy atom. The van der Waals surface area contributed by atoms with Gasteiger partial charge in [-0.1, -0.05) is 39.0 Å².